The van der Waals surface area contributed by atoms with E-state index in [1.165, 1.54) is 11.3 Å². The molecule has 1 heterocycles. The highest BCUT2D eigenvalue weighted by atomic mass is 79.9. The number of halogens is 4. The van der Waals surface area contributed by atoms with Crippen molar-refractivity contribution in [1.82, 2.24) is 4.98 Å². The van der Waals surface area contributed by atoms with Crippen molar-refractivity contribution < 1.29 is 4.92 Å². The lowest BCUT2D eigenvalue weighted by molar-refractivity contribution is -0.386. The number of nitrogens with zero attached hydrogens (tertiary/aromatic N) is 2. The first-order valence-corrected chi connectivity index (χ1v) is 8.63. The molecule has 20 heavy (non-hydrogen) atoms. The minimum Gasteiger partial charge on any atom is -0.378 e. The number of nitro benzene ring substituents is 1. The predicted octanol–water partition coefficient (Wildman–Crippen LogP) is 5.60. The van der Waals surface area contributed by atoms with Crippen molar-refractivity contribution in [1.29, 1.82) is 0 Å². The smallest absolute Gasteiger partial charge is 0.299 e. The number of aromatic nitrogens is 1. The standard InChI is InChI=1S/C10H5Br3ClN3O2S/c11-5-1-6(12)9(17(18)19)7(13)8(5)15-2-4-3-16-10(14)20-4/h1,3,15H,2H2. The van der Waals surface area contributed by atoms with Crippen molar-refractivity contribution in [3.8, 4) is 0 Å². The summed E-state index contributed by atoms with van der Waals surface area (Å²) in [5, 5.41) is 14.2. The Morgan fingerprint density at radius 2 is 2.10 bits per heavy atom. The summed E-state index contributed by atoms with van der Waals surface area (Å²) in [5.74, 6) is 0. The molecule has 0 fully saturated rings. The minimum atomic E-state index is -0.449. The minimum absolute atomic E-state index is 0.0296. The number of thiazole rings is 1. The van der Waals surface area contributed by atoms with Gasteiger partial charge >= 0.3 is 0 Å². The van der Waals surface area contributed by atoms with Crippen molar-refractivity contribution >= 4 is 82.1 Å². The van der Waals surface area contributed by atoms with Gasteiger partial charge in [0.2, 0.25) is 0 Å². The molecular formula is C10H5Br3ClN3O2S. The Morgan fingerprint density at radius 3 is 2.65 bits per heavy atom. The summed E-state index contributed by atoms with van der Waals surface area (Å²) in [5.41, 5.74) is 0.572. The monoisotopic (exact) mass is 503 g/mol. The van der Waals surface area contributed by atoms with E-state index < -0.39 is 4.92 Å². The van der Waals surface area contributed by atoms with E-state index >= 15 is 0 Å². The van der Waals surface area contributed by atoms with Gasteiger partial charge in [0.1, 0.15) is 4.47 Å². The fraction of sp³-hybridized carbons (Fsp3) is 0.100. The molecule has 0 spiro atoms. The van der Waals surface area contributed by atoms with Crippen LogP contribution in [0.4, 0.5) is 11.4 Å². The molecule has 0 aliphatic rings. The van der Waals surface area contributed by atoms with Crippen LogP contribution in [0.15, 0.2) is 25.7 Å². The van der Waals surface area contributed by atoms with Crippen LogP contribution in [0, 0.1) is 10.1 Å². The highest BCUT2D eigenvalue weighted by Crippen LogP contribution is 2.43. The molecule has 0 aliphatic carbocycles. The Balaban J connectivity index is 2.31. The Morgan fingerprint density at radius 1 is 1.40 bits per heavy atom. The number of rotatable bonds is 4. The van der Waals surface area contributed by atoms with Crippen molar-refractivity contribution in [2.24, 2.45) is 0 Å². The first-order valence-electron chi connectivity index (χ1n) is 5.06. The van der Waals surface area contributed by atoms with E-state index in [2.05, 4.69) is 58.1 Å². The maximum absolute atomic E-state index is 11.1. The van der Waals surface area contributed by atoms with Gasteiger partial charge in [-0.1, -0.05) is 11.6 Å². The molecule has 2 rings (SSSR count). The van der Waals surface area contributed by atoms with Crippen LogP contribution in [0.5, 0.6) is 0 Å². The lowest BCUT2D eigenvalue weighted by Gasteiger charge is -2.11. The van der Waals surface area contributed by atoms with Gasteiger partial charge in [-0.3, -0.25) is 10.1 Å². The Labute approximate surface area is 148 Å². The van der Waals surface area contributed by atoms with E-state index in [4.69, 9.17) is 11.6 Å². The van der Waals surface area contributed by atoms with E-state index in [0.717, 1.165) is 4.88 Å². The molecule has 0 atom stereocenters. The number of benzene rings is 1. The van der Waals surface area contributed by atoms with E-state index in [1.54, 1.807) is 12.3 Å². The molecule has 2 aromatic rings. The van der Waals surface area contributed by atoms with Crippen LogP contribution in [0.2, 0.25) is 4.47 Å². The highest BCUT2D eigenvalue weighted by Gasteiger charge is 2.22. The van der Waals surface area contributed by atoms with Crippen LogP contribution in [0.1, 0.15) is 4.88 Å². The van der Waals surface area contributed by atoms with Crippen LogP contribution in [0.3, 0.4) is 0 Å². The summed E-state index contributed by atoms with van der Waals surface area (Å²) in [6.45, 7) is 0.473. The van der Waals surface area contributed by atoms with Gasteiger partial charge in [-0.25, -0.2) is 4.98 Å². The number of anilines is 1. The first-order chi connectivity index (χ1) is 9.40. The van der Waals surface area contributed by atoms with Crippen molar-refractivity contribution in [2.45, 2.75) is 6.54 Å². The van der Waals surface area contributed by atoms with Crippen LogP contribution >= 0.6 is 70.7 Å². The lowest BCUT2D eigenvalue weighted by Crippen LogP contribution is -2.02. The normalized spacial score (nSPS) is 10.6. The van der Waals surface area contributed by atoms with E-state index in [0.29, 0.717) is 30.1 Å². The molecule has 0 unspecified atom stereocenters. The van der Waals surface area contributed by atoms with Gasteiger partial charge in [-0.05, 0) is 53.9 Å². The quantitative estimate of drug-likeness (QED) is 0.433. The van der Waals surface area contributed by atoms with Crippen LogP contribution in [-0.2, 0) is 6.54 Å². The van der Waals surface area contributed by atoms with Crippen LogP contribution in [-0.4, -0.2) is 9.91 Å². The van der Waals surface area contributed by atoms with E-state index in [1.807, 2.05) is 0 Å². The molecule has 0 amide bonds. The molecule has 5 nitrogen and oxygen atoms in total. The third-order valence-corrected chi connectivity index (χ3v) is 5.41. The average Bonchev–Trinajstić information content (AvgIpc) is 2.73. The molecule has 0 aliphatic heterocycles. The number of nitro groups is 1. The molecule has 0 saturated carbocycles. The fourth-order valence-electron chi connectivity index (χ4n) is 1.45. The Hall–Kier alpha value is -0.220. The molecule has 10 heteroatoms. The predicted molar refractivity (Wildman–Crippen MR) is 90.6 cm³/mol. The summed E-state index contributed by atoms with van der Waals surface area (Å²) in [6, 6.07) is 1.63. The molecule has 0 radical (unpaired) electrons. The van der Waals surface area contributed by atoms with Gasteiger partial charge in [0, 0.05) is 15.5 Å². The zero-order chi connectivity index (χ0) is 14.9. The SMILES string of the molecule is O=[N+]([O-])c1c(Br)cc(Br)c(NCc2cnc(Cl)s2)c1Br. The second-order valence-electron chi connectivity index (χ2n) is 3.57. The molecule has 106 valence electrons. The fourth-order valence-corrected chi connectivity index (χ4v) is 5.06. The molecule has 1 aromatic carbocycles. The average molecular weight is 506 g/mol. The summed E-state index contributed by atoms with van der Waals surface area (Å²) < 4.78 is 1.94. The van der Waals surface area contributed by atoms with Crippen LogP contribution in [0.25, 0.3) is 0 Å². The number of hydrogen-bond donors (Lipinski definition) is 1. The zero-order valence-electron chi connectivity index (χ0n) is 9.49. The second-order valence-corrected chi connectivity index (χ2v) is 7.77. The molecule has 1 N–H and O–H groups in total. The van der Waals surface area contributed by atoms with E-state index in [9.17, 15) is 10.1 Å². The summed E-state index contributed by atoms with van der Waals surface area (Å²) in [7, 11) is 0. The number of hydrogen-bond acceptors (Lipinski definition) is 5. The van der Waals surface area contributed by atoms with Gasteiger partial charge in [-0.2, -0.15) is 0 Å². The zero-order valence-corrected chi connectivity index (χ0v) is 15.8. The summed E-state index contributed by atoms with van der Waals surface area (Å²) in [6.07, 6.45) is 1.66. The highest BCUT2D eigenvalue weighted by molar-refractivity contribution is 9.11. The third kappa shape index (κ3) is 3.51. The summed E-state index contributed by atoms with van der Waals surface area (Å²) in [4.78, 5) is 15.5. The molecular weight excluding hydrogens is 501 g/mol. The van der Waals surface area contributed by atoms with Crippen molar-refractivity contribution in [2.75, 3.05) is 5.32 Å². The maximum atomic E-state index is 11.1. The largest absolute Gasteiger partial charge is 0.378 e. The van der Waals surface area contributed by atoms with Gasteiger partial charge in [-0.15, -0.1) is 11.3 Å². The number of nitrogens with one attached hydrogen (secondary N) is 1. The summed E-state index contributed by atoms with van der Waals surface area (Å²) >= 11 is 16.9. The van der Waals surface area contributed by atoms with E-state index in [-0.39, 0.29) is 5.69 Å². The first kappa shape index (κ1) is 16.2. The van der Waals surface area contributed by atoms with Crippen molar-refractivity contribution in [3.05, 3.63) is 45.1 Å². The Kier molecular flexibility index (Phi) is 5.41. The van der Waals surface area contributed by atoms with Gasteiger partial charge in [0.25, 0.3) is 5.69 Å². The van der Waals surface area contributed by atoms with Crippen molar-refractivity contribution in [3.63, 3.8) is 0 Å². The Bertz CT molecular complexity index is 680. The third-order valence-electron chi connectivity index (χ3n) is 2.29. The van der Waals surface area contributed by atoms with Gasteiger partial charge in [0.15, 0.2) is 4.47 Å². The topological polar surface area (TPSA) is 68.1 Å². The molecule has 0 saturated heterocycles. The second kappa shape index (κ2) is 6.69. The van der Waals surface area contributed by atoms with Gasteiger partial charge < -0.3 is 5.32 Å². The lowest BCUT2D eigenvalue weighted by atomic mass is 10.3. The van der Waals surface area contributed by atoms with Crippen LogP contribution < -0.4 is 5.32 Å². The molecule has 1 aromatic heterocycles. The van der Waals surface area contributed by atoms with Gasteiger partial charge in [0.05, 0.1) is 21.6 Å². The molecule has 0 bridgehead atoms. The maximum Gasteiger partial charge on any atom is 0.299 e.